The summed E-state index contributed by atoms with van der Waals surface area (Å²) in [7, 11) is 3.20. The summed E-state index contributed by atoms with van der Waals surface area (Å²) in [6.07, 6.45) is 1.08. The minimum absolute atomic E-state index is 0.0476. The standard InChI is InChI=1S/C25H32ClN3O3/c1-17-5-6-20(11-23(17)26)27-9-4-10-28-13-18-15-29(16-19(18)14-28)25(30)22-8-7-21(31-2)12-24(22)32-3/h5-8,11-12,18-19,27H,4,9-10,13-16H2,1-3H3. The van der Waals surface area contributed by atoms with Crippen LogP contribution in [0, 0.1) is 18.8 Å². The Labute approximate surface area is 195 Å². The molecule has 1 N–H and O–H groups in total. The molecule has 32 heavy (non-hydrogen) atoms. The molecule has 0 aromatic heterocycles. The molecule has 2 aliphatic rings. The first kappa shape index (κ1) is 22.7. The first-order valence-electron chi connectivity index (χ1n) is 11.2. The molecule has 2 unspecified atom stereocenters. The maximum Gasteiger partial charge on any atom is 0.257 e. The molecule has 1 amide bonds. The molecule has 2 aliphatic heterocycles. The van der Waals surface area contributed by atoms with Gasteiger partial charge in [0.05, 0.1) is 19.8 Å². The second kappa shape index (κ2) is 10.0. The number of hydrogen-bond donors (Lipinski definition) is 1. The highest BCUT2D eigenvalue weighted by Gasteiger charge is 2.41. The molecule has 0 bridgehead atoms. The summed E-state index contributed by atoms with van der Waals surface area (Å²) in [5.74, 6) is 2.40. The van der Waals surface area contributed by atoms with Gasteiger partial charge in [-0.2, -0.15) is 0 Å². The van der Waals surface area contributed by atoms with Crippen molar-refractivity contribution in [3.05, 3.63) is 52.5 Å². The van der Waals surface area contributed by atoms with Crippen molar-refractivity contribution in [1.82, 2.24) is 9.80 Å². The van der Waals surface area contributed by atoms with E-state index >= 15 is 0 Å². The van der Waals surface area contributed by atoms with Crippen LogP contribution in [0.2, 0.25) is 5.02 Å². The van der Waals surface area contributed by atoms with E-state index in [1.54, 1.807) is 26.4 Å². The van der Waals surface area contributed by atoms with Crippen molar-refractivity contribution in [3.63, 3.8) is 0 Å². The largest absolute Gasteiger partial charge is 0.497 e. The molecule has 0 radical (unpaired) electrons. The molecule has 2 aromatic rings. The molecule has 2 atom stereocenters. The van der Waals surface area contributed by atoms with Crippen LogP contribution in [0.15, 0.2) is 36.4 Å². The number of benzene rings is 2. The van der Waals surface area contributed by atoms with Crippen molar-refractivity contribution in [2.75, 3.05) is 58.8 Å². The Morgan fingerprint density at radius 2 is 1.81 bits per heavy atom. The van der Waals surface area contributed by atoms with Crippen LogP contribution >= 0.6 is 11.6 Å². The van der Waals surface area contributed by atoms with Crippen molar-refractivity contribution >= 4 is 23.2 Å². The fourth-order valence-electron chi connectivity index (χ4n) is 4.82. The summed E-state index contributed by atoms with van der Waals surface area (Å²) in [5, 5.41) is 4.26. The van der Waals surface area contributed by atoms with Gasteiger partial charge in [-0.1, -0.05) is 17.7 Å². The Morgan fingerprint density at radius 3 is 2.47 bits per heavy atom. The quantitative estimate of drug-likeness (QED) is 0.603. The van der Waals surface area contributed by atoms with Gasteiger partial charge in [0, 0.05) is 49.5 Å². The van der Waals surface area contributed by atoms with E-state index < -0.39 is 0 Å². The van der Waals surface area contributed by atoms with E-state index in [0.717, 1.165) is 62.0 Å². The number of carbonyl (C=O) groups is 1. The number of rotatable bonds is 8. The summed E-state index contributed by atoms with van der Waals surface area (Å²) in [6.45, 7) is 7.76. The maximum absolute atomic E-state index is 13.1. The van der Waals surface area contributed by atoms with Crippen LogP contribution in [0.5, 0.6) is 11.5 Å². The molecule has 0 aliphatic carbocycles. The molecule has 7 heteroatoms. The predicted molar refractivity (Wildman–Crippen MR) is 128 cm³/mol. The van der Waals surface area contributed by atoms with Gasteiger partial charge in [-0.15, -0.1) is 0 Å². The second-order valence-electron chi connectivity index (χ2n) is 8.80. The van der Waals surface area contributed by atoms with Crippen LogP contribution in [-0.2, 0) is 0 Å². The molecule has 0 spiro atoms. The number of fused-ring (bicyclic) bond motifs is 1. The first-order valence-corrected chi connectivity index (χ1v) is 11.6. The number of nitrogens with zero attached hydrogens (tertiary/aromatic N) is 2. The van der Waals surface area contributed by atoms with Crippen molar-refractivity contribution < 1.29 is 14.3 Å². The van der Waals surface area contributed by atoms with Gasteiger partial charge in [0.1, 0.15) is 11.5 Å². The molecule has 4 rings (SSSR count). The monoisotopic (exact) mass is 457 g/mol. The van der Waals surface area contributed by atoms with E-state index in [9.17, 15) is 4.79 Å². The third kappa shape index (κ3) is 4.97. The lowest BCUT2D eigenvalue weighted by Crippen LogP contribution is -2.34. The van der Waals surface area contributed by atoms with Gasteiger partial charge in [-0.05, 0) is 61.6 Å². The number of carbonyl (C=O) groups excluding carboxylic acids is 1. The van der Waals surface area contributed by atoms with Crippen LogP contribution in [-0.4, -0.2) is 69.2 Å². The van der Waals surface area contributed by atoms with Crippen LogP contribution in [0.4, 0.5) is 5.69 Å². The minimum atomic E-state index is 0.0476. The first-order chi connectivity index (χ1) is 15.5. The van der Waals surface area contributed by atoms with Gasteiger partial charge in [-0.3, -0.25) is 4.79 Å². The number of halogens is 1. The molecule has 2 aromatic carbocycles. The van der Waals surface area contributed by atoms with Gasteiger partial charge in [0.25, 0.3) is 5.91 Å². The Balaban J connectivity index is 1.23. The van der Waals surface area contributed by atoms with E-state index in [1.165, 1.54) is 0 Å². The molecule has 0 saturated carbocycles. The van der Waals surface area contributed by atoms with Gasteiger partial charge >= 0.3 is 0 Å². The fraction of sp³-hybridized carbons (Fsp3) is 0.480. The van der Waals surface area contributed by atoms with Crippen LogP contribution in [0.25, 0.3) is 0 Å². The average molecular weight is 458 g/mol. The van der Waals surface area contributed by atoms with Gasteiger partial charge in [0.15, 0.2) is 0 Å². The zero-order chi connectivity index (χ0) is 22.7. The smallest absolute Gasteiger partial charge is 0.257 e. The number of nitrogens with one attached hydrogen (secondary N) is 1. The zero-order valence-electron chi connectivity index (χ0n) is 19.1. The number of likely N-dealkylation sites (tertiary alicyclic amines) is 2. The second-order valence-corrected chi connectivity index (χ2v) is 9.21. The molecule has 2 fully saturated rings. The van der Waals surface area contributed by atoms with Gasteiger partial charge in [0.2, 0.25) is 0 Å². The van der Waals surface area contributed by atoms with E-state index in [1.807, 2.05) is 30.0 Å². The molecule has 172 valence electrons. The van der Waals surface area contributed by atoms with E-state index in [4.69, 9.17) is 21.1 Å². The number of anilines is 1. The van der Waals surface area contributed by atoms with Crippen molar-refractivity contribution in [3.8, 4) is 11.5 Å². The summed E-state index contributed by atoms with van der Waals surface area (Å²) in [5.41, 5.74) is 2.77. The van der Waals surface area contributed by atoms with Gasteiger partial charge < -0.3 is 24.6 Å². The van der Waals surface area contributed by atoms with E-state index in [2.05, 4.69) is 16.3 Å². The number of aryl methyl sites for hydroxylation is 1. The lowest BCUT2D eigenvalue weighted by Gasteiger charge is -2.22. The number of ether oxygens (including phenoxy) is 2. The summed E-state index contributed by atoms with van der Waals surface area (Å²) in [6, 6.07) is 11.5. The molecular formula is C25H32ClN3O3. The van der Waals surface area contributed by atoms with Crippen molar-refractivity contribution in [2.24, 2.45) is 11.8 Å². The van der Waals surface area contributed by atoms with Crippen LogP contribution in [0.3, 0.4) is 0 Å². The molecular weight excluding hydrogens is 426 g/mol. The topological polar surface area (TPSA) is 54.0 Å². The normalized spacial score (nSPS) is 20.3. The Bertz CT molecular complexity index is 953. The van der Waals surface area contributed by atoms with Crippen LogP contribution < -0.4 is 14.8 Å². The number of hydrogen-bond acceptors (Lipinski definition) is 5. The summed E-state index contributed by atoms with van der Waals surface area (Å²) < 4.78 is 10.7. The third-order valence-corrected chi connectivity index (χ3v) is 7.05. The highest BCUT2D eigenvalue weighted by atomic mass is 35.5. The fourth-order valence-corrected chi connectivity index (χ4v) is 5.00. The zero-order valence-corrected chi connectivity index (χ0v) is 19.8. The van der Waals surface area contributed by atoms with Crippen molar-refractivity contribution in [1.29, 1.82) is 0 Å². The average Bonchev–Trinajstić information content (AvgIpc) is 3.37. The van der Waals surface area contributed by atoms with E-state index in [-0.39, 0.29) is 5.91 Å². The molecule has 6 nitrogen and oxygen atoms in total. The third-order valence-electron chi connectivity index (χ3n) is 6.64. The maximum atomic E-state index is 13.1. The predicted octanol–water partition coefficient (Wildman–Crippen LogP) is 4.17. The highest BCUT2D eigenvalue weighted by Crippen LogP contribution is 2.34. The van der Waals surface area contributed by atoms with Gasteiger partial charge in [-0.25, -0.2) is 0 Å². The lowest BCUT2D eigenvalue weighted by atomic mass is 10.0. The summed E-state index contributed by atoms with van der Waals surface area (Å²) in [4.78, 5) is 17.6. The highest BCUT2D eigenvalue weighted by molar-refractivity contribution is 6.31. The summed E-state index contributed by atoms with van der Waals surface area (Å²) >= 11 is 6.20. The molecule has 2 heterocycles. The SMILES string of the molecule is COc1ccc(C(=O)N2CC3CN(CCCNc4ccc(C)c(Cl)c4)CC3C2)c(OC)c1. The Hall–Kier alpha value is -2.44. The number of methoxy groups -OCH3 is 2. The lowest BCUT2D eigenvalue weighted by molar-refractivity contribution is 0.0770. The Kier molecular flexibility index (Phi) is 7.11. The van der Waals surface area contributed by atoms with Crippen LogP contribution in [0.1, 0.15) is 22.3 Å². The molecule has 2 saturated heterocycles. The minimum Gasteiger partial charge on any atom is -0.497 e. The Morgan fingerprint density at radius 1 is 1.06 bits per heavy atom. The number of amides is 1. The van der Waals surface area contributed by atoms with Crippen molar-refractivity contribution in [2.45, 2.75) is 13.3 Å². The van der Waals surface area contributed by atoms with E-state index in [0.29, 0.717) is 28.9 Å².